The van der Waals surface area contributed by atoms with Crippen LogP contribution in [0.4, 0.5) is 0 Å². The first-order valence-electron chi connectivity index (χ1n) is 7.09. The maximum absolute atomic E-state index is 11.8. The van der Waals surface area contributed by atoms with Crippen LogP contribution in [0.15, 0.2) is 53.1 Å². The molecule has 0 aliphatic carbocycles. The largest absolute Gasteiger partial charge is 0.461 e. The summed E-state index contributed by atoms with van der Waals surface area (Å²) >= 11 is 0. The number of nitrogens with zero attached hydrogens (tertiary/aromatic N) is 2. The van der Waals surface area contributed by atoms with Crippen LogP contribution in [0.2, 0.25) is 0 Å². The molecule has 2 aromatic carbocycles. The normalized spacial score (nSPS) is 11.4. The average Bonchev–Trinajstić information content (AvgIpc) is 3.13. The third-order valence-electron chi connectivity index (χ3n) is 4.00. The topological polar surface area (TPSA) is 48.0 Å². The number of rotatable bonds is 2. The molecule has 2 heterocycles. The number of ketones is 1. The highest BCUT2D eigenvalue weighted by molar-refractivity contribution is 6.10. The molecule has 22 heavy (non-hydrogen) atoms. The quantitative estimate of drug-likeness (QED) is 0.520. The molecule has 0 N–H and O–H groups in total. The van der Waals surface area contributed by atoms with E-state index in [0.717, 1.165) is 39.0 Å². The van der Waals surface area contributed by atoms with Crippen molar-refractivity contribution in [1.29, 1.82) is 0 Å². The van der Waals surface area contributed by atoms with Crippen molar-refractivity contribution in [3.05, 3.63) is 54.3 Å². The number of Topliss-reactive ketones (excluding diaryl/α,β-unsaturated/α-hetero) is 1. The molecule has 0 aliphatic heterocycles. The van der Waals surface area contributed by atoms with E-state index < -0.39 is 0 Å². The van der Waals surface area contributed by atoms with Gasteiger partial charge in [-0.25, -0.2) is 4.98 Å². The number of carbonyl (C=O) groups excluding carboxylic acids is 1. The molecule has 0 radical (unpaired) electrons. The number of hydrogen-bond donors (Lipinski definition) is 0. The van der Waals surface area contributed by atoms with Crippen molar-refractivity contribution < 1.29 is 9.21 Å². The monoisotopic (exact) mass is 290 g/mol. The lowest BCUT2D eigenvalue weighted by molar-refractivity contribution is 0.101. The first-order chi connectivity index (χ1) is 10.6. The van der Waals surface area contributed by atoms with Crippen LogP contribution in [0.1, 0.15) is 17.3 Å². The van der Waals surface area contributed by atoms with Crippen molar-refractivity contribution >= 4 is 27.6 Å². The number of furan rings is 1. The Labute approximate surface area is 127 Å². The first-order valence-corrected chi connectivity index (χ1v) is 7.09. The Morgan fingerprint density at radius 1 is 1.18 bits per heavy atom. The molecule has 0 saturated heterocycles. The molecular formula is C18H14N2O2. The second-order valence-electron chi connectivity index (χ2n) is 5.40. The molecule has 4 rings (SSSR count). The molecule has 0 amide bonds. The van der Waals surface area contributed by atoms with Crippen molar-refractivity contribution in [3.8, 4) is 11.6 Å². The van der Waals surface area contributed by atoms with Gasteiger partial charge in [-0.05, 0) is 42.0 Å². The van der Waals surface area contributed by atoms with Crippen LogP contribution in [0.5, 0.6) is 0 Å². The fourth-order valence-electron chi connectivity index (χ4n) is 2.90. The molecule has 2 aromatic heterocycles. The Morgan fingerprint density at radius 3 is 2.77 bits per heavy atom. The number of benzene rings is 2. The predicted molar refractivity (Wildman–Crippen MR) is 85.9 cm³/mol. The average molecular weight is 290 g/mol. The first kappa shape index (κ1) is 12.8. The van der Waals surface area contributed by atoms with Crippen molar-refractivity contribution in [3.63, 3.8) is 0 Å². The second kappa shape index (κ2) is 4.56. The number of fused-ring (bicyclic) bond motifs is 2. The van der Waals surface area contributed by atoms with E-state index in [2.05, 4.69) is 4.98 Å². The van der Waals surface area contributed by atoms with E-state index in [0.29, 0.717) is 0 Å². The minimum atomic E-state index is 0.0679. The molecule has 0 bridgehead atoms. The Kier molecular flexibility index (Phi) is 2.66. The van der Waals surface area contributed by atoms with Crippen molar-refractivity contribution in [2.75, 3.05) is 0 Å². The number of carbonyl (C=O) groups is 1. The molecular weight excluding hydrogens is 276 g/mol. The molecule has 0 fully saturated rings. The summed E-state index contributed by atoms with van der Waals surface area (Å²) in [5.74, 6) is 1.58. The molecule has 0 saturated carbocycles. The van der Waals surface area contributed by atoms with Crippen molar-refractivity contribution in [1.82, 2.24) is 9.55 Å². The van der Waals surface area contributed by atoms with Crippen LogP contribution in [-0.4, -0.2) is 15.3 Å². The van der Waals surface area contributed by atoms with Crippen LogP contribution in [0, 0.1) is 0 Å². The highest BCUT2D eigenvalue weighted by atomic mass is 16.3. The fourth-order valence-corrected chi connectivity index (χ4v) is 2.90. The second-order valence-corrected chi connectivity index (χ2v) is 5.40. The van der Waals surface area contributed by atoms with E-state index in [4.69, 9.17) is 4.42 Å². The smallest absolute Gasteiger partial charge is 0.176 e. The number of aryl methyl sites for hydroxylation is 1. The number of hydrogen-bond acceptors (Lipinski definition) is 3. The van der Waals surface area contributed by atoms with Crippen LogP contribution in [0.3, 0.4) is 0 Å². The van der Waals surface area contributed by atoms with Crippen molar-refractivity contribution in [2.24, 2.45) is 7.05 Å². The zero-order chi connectivity index (χ0) is 15.3. The van der Waals surface area contributed by atoms with E-state index in [1.807, 2.05) is 54.1 Å². The van der Waals surface area contributed by atoms with Crippen LogP contribution < -0.4 is 0 Å². The van der Waals surface area contributed by atoms with Gasteiger partial charge in [-0.1, -0.05) is 18.2 Å². The Hall–Kier alpha value is -2.88. The minimum Gasteiger partial charge on any atom is -0.461 e. The van der Waals surface area contributed by atoms with Gasteiger partial charge in [0.15, 0.2) is 17.4 Å². The summed E-state index contributed by atoms with van der Waals surface area (Å²) in [5, 5.41) is 1.97. The van der Waals surface area contributed by atoms with E-state index in [-0.39, 0.29) is 5.78 Å². The van der Waals surface area contributed by atoms with Gasteiger partial charge in [-0.2, -0.15) is 0 Å². The van der Waals surface area contributed by atoms with Gasteiger partial charge in [-0.3, -0.25) is 4.79 Å². The fraction of sp³-hybridized carbons (Fsp3) is 0.111. The molecule has 4 heteroatoms. The van der Waals surface area contributed by atoms with E-state index in [1.165, 1.54) is 0 Å². The van der Waals surface area contributed by atoms with Crippen LogP contribution in [0.25, 0.3) is 33.4 Å². The summed E-state index contributed by atoms with van der Waals surface area (Å²) in [7, 11) is 1.95. The van der Waals surface area contributed by atoms with E-state index in [9.17, 15) is 4.79 Å². The highest BCUT2D eigenvalue weighted by Crippen LogP contribution is 2.29. The standard InChI is InChI=1S/C18H14N2O2/c1-11(21)13-6-3-5-12-9-15-16(10-14(12)13)20(2)18(19-15)17-7-4-8-22-17/h3-10H,1-2H3. The summed E-state index contributed by atoms with van der Waals surface area (Å²) in [5.41, 5.74) is 2.61. The highest BCUT2D eigenvalue weighted by Gasteiger charge is 2.14. The molecule has 0 aliphatic rings. The molecule has 0 spiro atoms. The van der Waals surface area contributed by atoms with Gasteiger partial charge in [0.1, 0.15) is 0 Å². The van der Waals surface area contributed by atoms with Gasteiger partial charge in [0.05, 0.1) is 17.3 Å². The van der Waals surface area contributed by atoms with Gasteiger partial charge in [0.25, 0.3) is 0 Å². The van der Waals surface area contributed by atoms with Crippen LogP contribution >= 0.6 is 0 Å². The molecule has 0 atom stereocenters. The van der Waals surface area contributed by atoms with E-state index in [1.54, 1.807) is 13.2 Å². The third kappa shape index (κ3) is 1.77. The maximum atomic E-state index is 11.8. The summed E-state index contributed by atoms with van der Waals surface area (Å²) in [6, 6.07) is 13.6. The number of imidazole rings is 1. The van der Waals surface area contributed by atoms with Gasteiger partial charge < -0.3 is 8.98 Å². The van der Waals surface area contributed by atoms with Crippen LogP contribution in [-0.2, 0) is 7.05 Å². The van der Waals surface area contributed by atoms with Gasteiger partial charge in [0.2, 0.25) is 0 Å². The van der Waals surface area contributed by atoms with Gasteiger partial charge in [-0.15, -0.1) is 0 Å². The SMILES string of the molecule is CC(=O)c1cccc2cc3nc(-c4ccco4)n(C)c3cc12. The lowest BCUT2D eigenvalue weighted by atomic mass is 10.0. The molecule has 108 valence electrons. The Bertz CT molecular complexity index is 1010. The zero-order valence-corrected chi connectivity index (χ0v) is 12.3. The summed E-state index contributed by atoms with van der Waals surface area (Å²) in [6.45, 7) is 1.59. The van der Waals surface area contributed by atoms with Gasteiger partial charge in [0, 0.05) is 12.6 Å². The van der Waals surface area contributed by atoms with E-state index >= 15 is 0 Å². The summed E-state index contributed by atoms with van der Waals surface area (Å²) in [6.07, 6.45) is 1.64. The maximum Gasteiger partial charge on any atom is 0.176 e. The number of aromatic nitrogens is 2. The lowest BCUT2D eigenvalue weighted by Crippen LogP contribution is -1.94. The summed E-state index contributed by atoms with van der Waals surface area (Å²) < 4.78 is 7.44. The molecule has 4 nitrogen and oxygen atoms in total. The predicted octanol–water partition coefficient (Wildman–Crippen LogP) is 4.19. The Morgan fingerprint density at radius 2 is 2.05 bits per heavy atom. The third-order valence-corrected chi connectivity index (χ3v) is 4.00. The zero-order valence-electron chi connectivity index (χ0n) is 12.3. The van der Waals surface area contributed by atoms with Crippen molar-refractivity contribution in [2.45, 2.75) is 6.92 Å². The summed E-state index contributed by atoms with van der Waals surface area (Å²) in [4.78, 5) is 16.5. The van der Waals surface area contributed by atoms with Gasteiger partial charge >= 0.3 is 0 Å². The minimum absolute atomic E-state index is 0.0679. The lowest BCUT2D eigenvalue weighted by Gasteiger charge is -2.04. The Balaban J connectivity index is 2.08. The molecule has 0 unspecified atom stereocenters. The molecule has 4 aromatic rings.